The average Bonchev–Trinajstić information content (AvgIpc) is 2.77. The van der Waals surface area contributed by atoms with E-state index in [1.807, 2.05) is 25.9 Å². The molecule has 21 heavy (non-hydrogen) atoms. The van der Waals surface area contributed by atoms with Crippen molar-refractivity contribution in [2.45, 2.75) is 13.5 Å². The van der Waals surface area contributed by atoms with E-state index in [0.717, 1.165) is 15.8 Å². The number of carbonyl (C=O) groups excluding carboxylic acids is 1. The molecule has 6 nitrogen and oxygen atoms in total. The van der Waals surface area contributed by atoms with Gasteiger partial charge in [-0.15, -0.1) is 0 Å². The van der Waals surface area contributed by atoms with Crippen LogP contribution in [0.25, 0.3) is 10.2 Å². The first-order chi connectivity index (χ1) is 9.92. The predicted octanol–water partition coefficient (Wildman–Crippen LogP) is 2.97. The van der Waals surface area contributed by atoms with Gasteiger partial charge in [-0.05, 0) is 43.0 Å². The maximum Gasteiger partial charge on any atom is 0.321 e. The van der Waals surface area contributed by atoms with Crippen molar-refractivity contribution in [3.63, 3.8) is 0 Å². The number of hydrogen-bond donors (Lipinski definition) is 3. The Balaban J connectivity index is 2.43. The SMILES string of the molecule is CCNC(=O)Nc1nc2cc(Br)c(O)c(CN(C)C)c2s1. The number of hydrogen-bond acceptors (Lipinski definition) is 5. The fourth-order valence-corrected chi connectivity index (χ4v) is 3.34. The summed E-state index contributed by atoms with van der Waals surface area (Å²) in [6.45, 7) is 2.99. The van der Waals surface area contributed by atoms with Gasteiger partial charge in [-0.25, -0.2) is 9.78 Å². The number of aromatic nitrogens is 1. The Morgan fingerprint density at radius 2 is 2.24 bits per heavy atom. The lowest BCUT2D eigenvalue weighted by Crippen LogP contribution is -2.28. The first-order valence-corrected chi connectivity index (χ1v) is 8.03. The molecule has 8 heteroatoms. The fourth-order valence-electron chi connectivity index (χ4n) is 1.90. The molecule has 3 N–H and O–H groups in total. The highest BCUT2D eigenvalue weighted by Gasteiger charge is 2.17. The van der Waals surface area contributed by atoms with Crippen LogP contribution < -0.4 is 10.6 Å². The number of amides is 2. The van der Waals surface area contributed by atoms with Crippen molar-refractivity contribution in [2.24, 2.45) is 0 Å². The molecule has 0 spiro atoms. The Bertz CT molecular complexity index is 672. The van der Waals surface area contributed by atoms with Crippen LogP contribution in [-0.2, 0) is 6.54 Å². The van der Waals surface area contributed by atoms with Crippen molar-refractivity contribution in [2.75, 3.05) is 26.0 Å². The number of halogens is 1. The molecule has 2 aromatic rings. The van der Waals surface area contributed by atoms with E-state index < -0.39 is 0 Å². The van der Waals surface area contributed by atoms with Crippen LogP contribution in [0.1, 0.15) is 12.5 Å². The molecule has 0 unspecified atom stereocenters. The molecule has 0 aliphatic carbocycles. The van der Waals surface area contributed by atoms with E-state index in [-0.39, 0.29) is 11.8 Å². The van der Waals surface area contributed by atoms with Gasteiger partial charge in [-0.1, -0.05) is 11.3 Å². The molecule has 1 aromatic carbocycles. The van der Waals surface area contributed by atoms with Crippen LogP contribution in [0.2, 0.25) is 0 Å². The molecule has 0 fully saturated rings. The minimum Gasteiger partial charge on any atom is -0.506 e. The Morgan fingerprint density at radius 1 is 1.52 bits per heavy atom. The van der Waals surface area contributed by atoms with Crippen LogP contribution >= 0.6 is 27.3 Å². The highest BCUT2D eigenvalue weighted by atomic mass is 79.9. The first kappa shape index (κ1) is 16.0. The van der Waals surface area contributed by atoms with E-state index in [4.69, 9.17) is 0 Å². The monoisotopic (exact) mass is 372 g/mol. The number of fused-ring (bicyclic) bond motifs is 1. The van der Waals surface area contributed by atoms with Gasteiger partial charge >= 0.3 is 6.03 Å². The van der Waals surface area contributed by atoms with Crippen LogP contribution in [0.4, 0.5) is 9.93 Å². The molecule has 2 amide bonds. The van der Waals surface area contributed by atoms with E-state index in [1.54, 1.807) is 6.07 Å². The topological polar surface area (TPSA) is 77.5 Å². The third-order valence-corrected chi connectivity index (χ3v) is 4.39. The van der Waals surface area contributed by atoms with Crippen molar-refractivity contribution in [3.05, 3.63) is 16.1 Å². The Labute approximate surface area is 135 Å². The maximum absolute atomic E-state index is 11.6. The minimum absolute atomic E-state index is 0.212. The lowest BCUT2D eigenvalue weighted by Gasteiger charge is -2.12. The molecular formula is C13H17BrN4O2S. The third kappa shape index (κ3) is 3.63. The van der Waals surface area contributed by atoms with Crippen LogP contribution in [0, 0.1) is 0 Å². The number of benzene rings is 1. The summed E-state index contributed by atoms with van der Waals surface area (Å²) < 4.78 is 1.47. The summed E-state index contributed by atoms with van der Waals surface area (Å²) >= 11 is 4.69. The summed E-state index contributed by atoms with van der Waals surface area (Å²) in [5.74, 6) is 0.212. The van der Waals surface area contributed by atoms with E-state index in [0.29, 0.717) is 22.7 Å². The van der Waals surface area contributed by atoms with Gasteiger partial charge in [0.2, 0.25) is 0 Å². The zero-order valence-corrected chi connectivity index (χ0v) is 14.4. The second kappa shape index (κ2) is 6.59. The van der Waals surface area contributed by atoms with Crippen molar-refractivity contribution < 1.29 is 9.90 Å². The van der Waals surface area contributed by atoms with Crippen LogP contribution in [0.5, 0.6) is 5.75 Å². The van der Waals surface area contributed by atoms with Gasteiger partial charge in [0.15, 0.2) is 5.13 Å². The molecule has 1 aromatic heterocycles. The number of rotatable bonds is 4. The van der Waals surface area contributed by atoms with Gasteiger partial charge in [-0.3, -0.25) is 5.32 Å². The summed E-state index contributed by atoms with van der Waals surface area (Å²) in [5, 5.41) is 16.1. The van der Waals surface area contributed by atoms with Crippen molar-refractivity contribution >= 4 is 48.6 Å². The number of urea groups is 1. The van der Waals surface area contributed by atoms with Crippen molar-refractivity contribution in [1.29, 1.82) is 0 Å². The molecule has 2 rings (SSSR count). The smallest absolute Gasteiger partial charge is 0.321 e. The largest absolute Gasteiger partial charge is 0.506 e. The van der Waals surface area contributed by atoms with Crippen molar-refractivity contribution in [1.82, 2.24) is 15.2 Å². The van der Waals surface area contributed by atoms with E-state index in [9.17, 15) is 9.90 Å². The molecular weight excluding hydrogens is 356 g/mol. The second-order valence-electron chi connectivity index (χ2n) is 4.78. The van der Waals surface area contributed by atoms with E-state index >= 15 is 0 Å². The Kier molecular flexibility index (Phi) is 5.02. The number of anilines is 1. The van der Waals surface area contributed by atoms with E-state index in [1.165, 1.54) is 11.3 Å². The molecule has 0 radical (unpaired) electrons. The summed E-state index contributed by atoms with van der Waals surface area (Å²) in [7, 11) is 3.86. The van der Waals surface area contributed by atoms with Gasteiger partial charge in [0.05, 0.1) is 14.7 Å². The summed E-state index contributed by atoms with van der Waals surface area (Å²) in [4.78, 5) is 17.9. The Hall–Kier alpha value is -1.38. The molecule has 0 aliphatic heterocycles. The van der Waals surface area contributed by atoms with Crippen LogP contribution in [0.3, 0.4) is 0 Å². The predicted molar refractivity (Wildman–Crippen MR) is 89.1 cm³/mol. The van der Waals surface area contributed by atoms with Gasteiger partial charge < -0.3 is 15.3 Å². The highest BCUT2D eigenvalue weighted by Crippen LogP contribution is 2.39. The van der Waals surface area contributed by atoms with Crippen LogP contribution in [0.15, 0.2) is 10.5 Å². The normalized spacial score (nSPS) is 11.1. The molecule has 114 valence electrons. The molecule has 0 saturated carbocycles. The number of nitrogens with zero attached hydrogens (tertiary/aromatic N) is 2. The zero-order chi connectivity index (χ0) is 15.6. The number of phenolic OH excluding ortho intramolecular Hbond substituents is 1. The number of phenols is 1. The second-order valence-corrected chi connectivity index (χ2v) is 6.63. The highest BCUT2D eigenvalue weighted by molar-refractivity contribution is 9.10. The summed E-state index contributed by atoms with van der Waals surface area (Å²) in [6.07, 6.45) is 0. The average molecular weight is 373 g/mol. The van der Waals surface area contributed by atoms with Gasteiger partial charge in [-0.2, -0.15) is 0 Å². The minimum atomic E-state index is -0.283. The van der Waals surface area contributed by atoms with E-state index in [2.05, 4.69) is 31.5 Å². The number of carbonyl (C=O) groups is 1. The number of thiazole rings is 1. The lowest BCUT2D eigenvalue weighted by molar-refractivity contribution is 0.252. The molecule has 0 bridgehead atoms. The lowest BCUT2D eigenvalue weighted by atomic mass is 10.2. The quantitative estimate of drug-likeness (QED) is 0.770. The third-order valence-electron chi connectivity index (χ3n) is 2.74. The van der Waals surface area contributed by atoms with Gasteiger partial charge in [0.1, 0.15) is 5.75 Å². The Morgan fingerprint density at radius 3 is 2.86 bits per heavy atom. The summed E-state index contributed by atoms with van der Waals surface area (Å²) in [6, 6.07) is 1.47. The molecule has 1 heterocycles. The molecule has 0 saturated heterocycles. The van der Waals surface area contributed by atoms with Gasteiger partial charge in [0.25, 0.3) is 0 Å². The number of aromatic hydroxyl groups is 1. The number of nitrogens with one attached hydrogen (secondary N) is 2. The molecule has 0 aliphatic rings. The standard InChI is InChI=1S/C13H17BrN4O2S/c1-4-15-12(20)17-13-16-9-5-8(14)10(19)7(6-18(2)3)11(9)21-13/h5,19H,4,6H2,1-3H3,(H2,15,16,17,20). The summed E-state index contributed by atoms with van der Waals surface area (Å²) in [5.41, 5.74) is 1.54. The maximum atomic E-state index is 11.6. The van der Waals surface area contributed by atoms with Gasteiger partial charge in [0, 0.05) is 18.7 Å². The van der Waals surface area contributed by atoms with Crippen LogP contribution in [-0.4, -0.2) is 41.7 Å². The first-order valence-electron chi connectivity index (χ1n) is 6.42. The zero-order valence-electron chi connectivity index (χ0n) is 12.0. The van der Waals surface area contributed by atoms with Crippen molar-refractivity contribution in [3.8, 4) is 5.75 Å². The fraction of sp³-hybridized carbons (Fsp3) is 0.385. The molecule has 0 atom stereocenters.